The SMILES string of the molecule is N#Cc1ccsc1NC(=O)COC(=O)CNS(=O)(=O)c1ccc(N)c([N+](=O)[O-])c1. The predicted octanol–water partition coefficient (Wildman–Crippen LogP) is 0.570. The first-order chi connectivity index (χ1) is 13.6. The summed E-state index contributed by atoms with van der Waals surface area (Å²) in [7, 11) is -4.26. The maximum absolute atomic E-state index is 12.2. The lowest BCUT2D eigenvalue weighted by Crippen LogP contribution is -2.32. The van der Waals surface area contributed by atoms with E-state index in [9.17, 15) is 28.1 Å². The normalized spacial score (nSPS) is 10.7. The number of ether oxygens (including phenoxy) is 1. The maximum Gasteiger partial charge on any atom is 0.321 e. The number of amides is 1. The van der Waals surface area contributed by atoms with Crippen molar-refractivity contribution < 1.29 is 27.7 Å². The van der Waals surface area contributed by atoms with E-state index in [0.717, 1.165) is 29.5 Å². The number of nitrogens with zero attached hydrogens (tertiary/aromatic N) is 2. The van der Waals surface area contributed by atoms with Crippen molar-refractivity contribution in [3.05, 3.63) is 45.3 Å². The van der Waals surface area contributed by atoms with E-state index in [1.165, 1.54) is 6.07 Å². The molecule has 0 saturated carbocycles. The Hall–Kier alpha value is -3.54. The third-order valence-corrected chi connectivity index (χ3v) is 5.55. The van der Waals surface area contributed by atoms with Crippen LogP contribution in [0.25, 0.3) is 0 Å². The average Bonchev–Trinajstić information content (AvgIpc) is 3.11. The van der Waals surface area contributed by atoms with E-state index in [0.29, 0.717) is 5.00 Å². The Bertz CT molecular complexity index is 1100. The number of nitriles is 1. The van der Waals surface area contributed by atoms with Gasteiger partial charge in [-0.25, -0.2) is 8.42 Å². The lowest BCUT2D eigenvalue weighted by Gasteiger charge is -2.08. The zero-order valence-electron chi connectivity index (χ0n) is 14.4. The van der Waals surface area contributed by atoms with E-state index < -0.39 is 50.6 Å². The number of anilines is 2. The van der Waals surface area contributed by atoms with Crippen molar-refractivity contribution >= 4 is 49.6 Å². The zero-order valence-corrected chi connectivity index (χ0v) is 16.1. The summed E-state index contributed by atoms with van der Waals surface area (Å²) in [6, 6.07) is 6.22. The number of hydrogen-bond donors (Lipinski definition) is 3. The van der Waals surface area contributed by atoms with Gasteiger partial charge in [0.15, 0.2) is 6.61 Å². The quantitative estimate of drug-likeness (QED) is 0.228. The summed E-state index contributed by atoms with van der Waals surface area (Å²) >= 11 is 1.11. The summed E-state index contributed by atoms with van der Waals surface area (Å²) in [4.78, 5) is 33.0. The van der Waals surface area contributed by atoms with Gasteiger partial charge in [0.2, 0.25) is 10.0 Å². The van der Waals surface area contributed by atoms with Crippen LogP contribution in [0, 0.1) is 21.4 Å². The molecule has 0 aliphatic carbocycles. The third-order valence-electron chi connectivity index (χ3n) is 3.32. The van der Waals surface area contributed by atoms with E-state index >= 15 is 0 Å². The number of nitro groups is 1. The minimum absolute atomic E-state index is 0.218. The number of carbonyl (C=O) groups excluding carboxylic acids is 2. The predicted molar refractivity (Wildman–Crippen MR) is 101 cm³/mol. The van der Waals surface area contributed by atoms with Crippen LogP contribution in [0.5, 0.6) is 0 Å². The largest absolute Gasteiger partial charge is 0.455 e. The van der Waals surface area contributed by atoms with Crippen molar-refractivity contribution in [1.29, 1.82) is 5.26 Å². The second kappa shape index (κ2) is 9.10. The minimum atomic E-state index is -4.26. The number of hydrogen-bond acceptors (Lipinski definition) is 10. The lowest BCUT2D eigenvalue weighted by atomic mass is 10.3. The second-order valence-corrected chi connectivity index (χ2v) is 7.97. The number of nitrogen functional groups attached to an aromatic ring is 1. The molecule has 1 aromatic carbocycles. The zero-order chi connectivity index (χ0) is 21.6. The molecule has 2 aromatic rings. The van der Waals surface area contributed by atoms with Gasteiger partial charge in [0.1, 0.15) is 23.3 Å². The molecule has 4 N–H and O–H groups in total. The van der Waals surface area contributed by atoms with Crippen LogP contribution >= 0.6 is 11.3 Å². The number of esters is 1. The second-order valence-electron chi connectivity index (χ2n) is 5.29. The van der Waals surface area contributed by atoms with Crippen LogP contribution in [0.1, 0.15) is 5.56 Å². The van der Waals surface area contributed by atoms with Crippen molar-refractivity contribution in [3.63, 3.8) is 0 Å². The van der Waals surface area contributed by atoms with E-state index in [1.54, 1.807) is 5.38 Å². The fourth-order valence-electron chi connectivity index (χ4n) is 1.94. The molecule has 0 spiro atoms. The van der Waals surface area contributed by atoms with Crippen LogP contribution in [0.2, 0.25) is 0 Å². The van der Waals surface area contributed by atoms with Gasteiger partial charge in [-0.15, -0.1) is 11.3 Å². The van der Waals surface area contributed by atoms with Gasteiger partial charge < -0.3 is 15.8 Å². The van der Waals surface area contributed by atoms with Crippen LogP contribution in [-0.4, -0.2) is 38.4 Å². The number of sulfonamides is 1. The molecule has 0 aliphatic heterocycles. The molecule has 0 saturated heterocycles. The monoisotopic (exact) mass is 439 g/mol. The molecule has 0 aliphatic rings. The number of nitrogens with two attached hydrogens (primary N) is 1. The van der Waals surface area contributed by atoms with Gasteiger partial charge in [-0.2, -0.15) is 9.98 Å². The van der Waals surface area contributed by atoms with Gasteiger partial charge in [0.25, 0.3) is 11.6 Å². The van der Waals surface area contributed by atoms with Gasteiger partial charge in [-0.1, -0.05) is 0 Å². The molecule has 1 aromatic heterocycles. The first kappa shape index (κ1) is 21.8. The minimum Gasteiger partial charge on any atom is -0.455 e. The molecule has 14 heteroatoms. The van der Waals surface area contributed by atoms with E-state index in [4.69, 9.17) is 11.0 Å². The molecule has 29 heavy (non-hydrogen) atoms. The molecule has 1 amide bonds. The van der Waals surface area contributed by atoms with Crippen LogP contribution in [0.4, 0.5) is 16.4 Å². The summed E-state index contributed by atoms with van der Waals surface area (Å²) in [5, 5.41) is 24.0. The Morgan fingerprint density at radius 1 is 1.34 bits per heavy atom. The van der Waals surface area contributed by atoms with E-state index in [1.807, 2.05) is 10.8 Å². The Balaban J connectivity index is 1.90. The molecule has 1 heterocycles. The standard InChI is InChI=1S/C15H13N5O7S2/c16-6-9-3-4-28-15(9)19-13(21)8-27-14(22)7-18-29(25,26)10-1-2-11(17)12(5-10)20(23)24/h1-5,18H,7-8,17H2,(H,19,21). The van der Waals surface area contributed by atoms with Gasteiger partial charge in [0.05, 0.1) is 15.4 Å². The van der Waals surface area contributed by atoms with Gasteiger partial charge in [0, 0.05) is 6.07 Å². The highest BCUT2D eigenvalue weighted by Crippen LogP contribution is 2.24. The van der Waals surface area contributed by atoms with Crippen LogP contribution in [0.3, 0.4) is 0 Å². The number of nitro benzene ring substituents is 1. The summed E-state index contributed by atoms with van der Waals surface area (Å²) in [5.74, 6) is -1.77. The lowest BCUT2D eigenvalue weighted by molar-refractivity contribution is -0.384. The molecule has 0 radical (unpaired) electrons. The summed E-state index contributed by atoms with van der Waals surface area (Å²) < 4.78 is 30.9. The number of rotatable bonds is 8. The van der Waals surface area contributed by atoms with Gasteiger partial charge >= 0.3 is 5.97 Å². The molecule has 0 bridgehead atoms. The number of carbonyl (C=O) groups is 2. The summed E-state index contributed by atoms with van der Waals surface area (Å²) in [6.07, 6.45) is 0. The molecular formula is C15H13N5O7S2. The smallest absolute Gasteiger partial charge is 0.321 e. The van der Waals surface area contributed by atoms with Crippen molar-refractivity contribution in [2.24, 2.45) is 0 Å². The van der Waals surface area contributed by atoms with Crippen molar-refractivity contribution in [1.82, 2.24) is 4.72 Å². The summed E-state index contributed by atoms with van der Waals surface area (Å²) in [6.45, 7) is -1.51. The molecule has 0 atom stereocenters. The average molecular weight is 439 g/mol. The third kappa shape index (κ3) is 5.72. The van der Waals surface area contributed by atoms with Crippen LogP contribution < -0.4 is 15.8 Å². The van der Waals surface area contributed by atoms with Gasteiger partial charge in [-0.3, -0.25) is 19.7 Å². The Kier molecular flexibility index (Phi) is 6.83. The van der Waals surface area contributed by atoms with Crippen LogP contribution in [0.15, 0.2) is 34.5 Å². The molecule has 0 unspecified atom stereocenters. The van der Waals surface area contributed by atoms with E-state index in [-0.39, 0.29) is 11.3 Å². The Morgan fingerprint density at radius 3 is 2.72 bits per heavy atom. The highest BCUT2D eigenvalue weighted by Gasteiger charge is 2.21. The van der Waals surface area contributed by atoms with Crippen LogP contribution in [-0.2, 0) is 24.3 Å². The first-order valence-electron chi connectivity index (χ1n) is 7.60. The fourth-order valence-corrected chi connectivity index (χ4v) is 3.68. The molecule has 0 fully saturated rings. The number of benzene rings is 1. The van der Waals surface area contributed by atoms with Crippen molar-refractivity contribution in [2.75, 3.05) is 24.2 Å². The van der Waals surface area contributed by atoms with E-state index in [2.05, 4.69) is 10.1 Å². The first-order valence-corrected chi connectivity index (χ1v) is 9.97. The Labute approximate surface area is 168 Å². The number of nitrogens with one attached hydrogen (secondary N) is 2. The van der Waals surface area contributed by atoms with Crippen molar-refractivity contribution in [3.8, 4) is 6.07 Å². The molecule has 152 valence electrons. The van der Waals surface area contributed by atoms with Crippen molar-refractivity contribution in [2.45, 2.75) is 4.90 Å². The fraction of sp³-hybridized carbons (Fsp3) is 0.133. The molecule has 12 nitrogen and oxygen atoms in total. The Morgan fingerprint density at radius 2 is 2.07 bits per heavy atom. The van der Waals surface area contributed by atoms with Gasteiger partial charge in [-0.05, 0) is 23.6 Å². The highest BCUT2D eigenvalue weighted by molar-refractivity contribution is 7.89. The summed E-state index contributed by atoms with van der Waals surface area (Å²) in [5.41, 5.74) is 4.84. The molecule has 2 rings (SSSR count). The topological polar surface area (TPSA) is 195 Å². The maximum atomic E-state index is 12.2. The molecular weight excluding hydrogens is 426 g/mol. The highest BCUT2D eigenvalue weighted by atomic mass is 32.2. The number of thiophene rings is 1.